The Labute approximate surface area is 208 Å². The van der Waals surface area contributed by atoms with Crippen molar-refractivity contribution in [3.8, 4) is 0 Å². The number of aromatic nitrogens is 2. The first-order chi connectivity index (χ1) is 17.3. The zero-order valence-corrected chi connectivity index (χ0v) is 19.8. The Balaban J connectivity index is 1.72. The van der Waals surface area contributed by atoms with Crippen LogP contribution in [-0.4, -0.2) is 40.7 Å². The van der Waals surface area contributed by atoms with Crippen LogP contribution in [-0.2, 0) is 20.4 Å². The van der Waals surface area contributed by atoms with E-state index in [1.54, 1.807) is 43.3 Å². The molecule has 0 radical (unpaired) electrons. The van der Waals surface area contributed by atoms with Crippen LogP contribution in [0.25, 0.3) is 11.0 Å². The maximum Gasteiger partial charge on any atom is 0.432 e. The first-order valence-electron chi connectivity index (χ1n) is 10.6. The molecule has 3 aromatic carbocycles. The number of fused-ring (bicyclic) bond motifs is 1. The first kappa shape index (κ1) is 25.9. The highest BCUT2D eigenvalue weighted by Gasteiger charge is 2.61. The molecule has 0 amide bonds. The molecule has 0 bridgehead atoms. The molecular weight excluding hydrogens is 513 g/mol. The summed E-state index contributed by atoms with van der Waals surface area (Å²) in [6.45, 7) is 1.80. The van der Waals surface area contributed by atoms with Crippen LogP contribution >= 0.6 is 0 Å². The Morgan fingerprint density at radius 1 is 0.865 bits per heavy atom. The van der Waals surface area contributed by atoms with Crippen LogP contribution in [0.5, 0.6) is 0 Å². The summed E-state index contributed by atoms with van der Waals surface area (Å²) in [6, 6.07) is 16.5. The molecule has 13 heteroatoms. The van der Waals surface area contributed by atoms with Gasteiger partial charge in [0.15, 0.2) is 11.6 Å². The van der Waals surface area contributed by atoms with Gasteiger partial charge in [-0.1, -0.05) is 42.0 Å². The van der Waals surface area contributed by atoms with E-state index in [4.69, 9.17) is 5.11 Å². The number of carbonyl (C=O) groups is 1. The van der Waals surface area contributed by atoms with E-state index < -0.39 is 33.3 Å². The van der Waals surface area contributed by atoms with Gasteiger partial charge in [-0.05, 0) is 43.3 Å². The Kier molecular flexibility index (Phi) is 6.52. The summed E-state index contributed by atoms with van der Waals surface area (Å²) in [5, 5.41) is 21.6. The van der Waals surface area contributed by atoms with Crippen LogP contribution in [0, 0.1) is 6.92 Å². The second kappa shape index (κ2) is 9.33. The van der Waals surface area contributed by atoms with Gasteiger partial charge in [0.25, 0.3) is 15.6 Å². The van der Waals surface area contributed by atoms with E-state index in [1.807, 2.05) is 0 Å². The minimum absolute atomic E-state index is 0.0246. The van der Waals surface area contributed by atoms with Crippen molar-refractivity contribution in [2.45, 2.75) is 23.6 Å². The van der Waals surface area contributed by atoms with Crippen molar-refractivity contribution >= 4 is 44.3 Å². The number of rotatable bonds is 7. The Morgan fingerprint density at radius 2 is 1.41 bits per heavy atom. The number of hydrogen-bond donors (Lipinski definition) is 4. The largest absolute Gasteiger partial charge is 0.479 e. The van der Waals surface area contributed by atoms with Crippen molar-refractivity contribution in [2.75, 3.05) is 10.0 Å². The number of carboxylic acid groups (broad SMARTS) is 1. The maximum atomic E-state index is 13.3. The summed E-state index contributed by atoms with van der Waals surface area (Å²) < 4.78 is 68.2. The lowest BCUT2D eigenvalue weighted by molar-refractivity contribution is -0.265. The molecule has 1 unspecified atom stereocenters. The molecule has 1 aromatic heterocycles. The summed E-state index contributed by atoms with van der Waals surface area (Å²) in [7, 11) is -4.08. The molecule has 0 spiro atoms. The average molecular weight is 533 g/mol. The zero-order valence-electron chi connectivity index (χ0n) is 19.0. The van der Waals surface area contributed by atoms with E-state index >= 15 is 0 Å². The molecule has 0 aliphatic heterocycles. The first-order valence-corrected chi connectivity index (χ1v) is 12.1. The van der Waals surface area contributed by atoms with Gasteiger partial charge in [0.1, 0.15) is 0 Å². The van der Waals surface area contributed by atoms with Gasteiger partial charge in [-0.3, -0.25) is 4.72 Å². The van der Waals surface area contributed by atoms with Gasteiger partial charge in [0.2, 0.25) is 0 Å². The Morgan fingerprint density at radius 3 is 1.92 bits per heavy atom. The lowest BCUT2D eigenvalue weighted by atomic mass is 9.93. The number of aryl methyl sites for hydroxylation is 1. The number of nitrogens with one attached hydrogen (secondary N) is 2. The van der Waals surface area contributed by atoms with Gasteiger partial charge in [-0.2, -0.15) is 13.2 Å². The third-order valence-corrected chi connectivity index (χ3v) is 6.77. The normalized spacial score (nSPS) is 13.6. The van der Waals surface area contributed by atoms with Gasteiger partial charge in [-0.25, -0.2) is 23.2 Å². The SMILES string of the molecule is Cc1ccc(S(=O)(=O)Nc2nc3ccccc3nc2Nc2ccc(C(O)(C(=O)O)C(F)(F)F)cc2)cc1. The van der Waals surface area contributed by atoms with Crippen LogP contribution in [0.15, 0.2) is 77.7 Å². The third kappa shape index (κ3) is 5.04. The van der Waals surface area contributed by atoms with Crippen LogP contribution in [0.1, 0.15) is 11.1 Å². The van der Waals surface area contributed by atoms with Gasteiger partial charge in [0, 0.05) is 11.3 Å². The molecule has 1 heterocycles. The predicted octanol–water partition coefficient (Wildman–Crippen LogP) is 4.32. The monoisotopic (exact) mass is 532 g/mol. The lowest BCUT2D eigenvalue weighted by Crippen LogP contribution is -2.49. The van der Waals surface area contributed by atoms with Crippen molar-refractivity contribution in [2.24, 2.45) is 0 Å². The molecule has 0 aliphatic rings. The second-order valence-corrected chi connectivity index (χ2v) is 9.73. The molecule has 0 saturated heterocycles. The van der Waals surface area contributed by atoms with Crippen molar-refractivity contribution in [3.05, 3.63) is 83.9 Å². The van der Waals surface area contributed by atoms with Crippen LogP contribution < -0.4 is 10.0 Å². The highest BCUT2D eigenvalue weighted by molar-refractivity contribution is 7.92. The summed E-state index contributed by atoms with van der Waals surface area (Å²) in [5.41, 5.74) is -3.26. The molecule has 0 aliphatic carbocycles. The minimum atomic E-state index is -5.47. The molecular formula is C24H19F3N4O5S. The summed E-state index contributed by atoms with van der Waals surface area (Å²) >= 11 is 0. The number of para-hydroxylation sites is 2. The number of nitrogens with zero attached hydrogens (tertiary/aromatic N) is 2. The molecule has 0 fully saturated rings. The minimum Gasteiger partial charge on any atom is -0.479 e. The second-order valence-electron chi connectivity index (χ2n) is 8.04. The third-order valence-electron chi connectivity index (χ3n) is 5.42. The summed E-state index contributed by atoms with van der Waals surface area (Å²) in [4.78, 5) is 19.9. The highest BCUT2D eigenvalue weighted by atomic mass is 32.2. The predicted molar refractivity (Wildman–Crippen MR) is 129 cm³/mol. The maximum absolute atomic E-state index is 13.3. The fourth-order valence-corrected chi connectivity index (χ4v) is 4.41. The highest BCUT2D eigenvalue weighted by Crippen LogP contribution is 2.40. The van der Waals surface area contributed by atoms with Gasteiger partial charge < -0.3 is 15.5 Å². The van der Waals surface area contributed by atoms with Crippen molar-refractivity contribution in [3.63, 3.8) is 0 Å². The van der Waals surface area contributed by atoms with Crippen molar-refractivity contribution in [1.29, 1.82) is 0 Å². The number of carboxylic acids is 1. The average Bonchev–Trinajstić information content (AvgIpc) is 2.83. The van der Waals surface area contributed by atoms with Crippen LogP contribution in [0.3, 0.4) is 0 Å². The fourth-order valence-electron chi connectivity index (χ4n) is 3.40. The Hall–Kier alpha value is -4.23. The zero-order chi connectivity index (χ0) is 27.0. The van der Waals surface area contributed by atoms with Crippen LogP contribution in [0.2, 0.25) is 0 Å². The number of hydrogen-bond acceptors (Lipinski definition) is 7. The van der Waals surface area contributed by atoms with E-state index in [9.17, 15) is 31.5 Å². The smallest absolute Gasteiger partial charge is 0.432 e. The van der Waals surface area contributed by atoms with Gasteiger partial charge >= 0.3 is 12.1 Å². The molecule has 1 atom stereocenters. The number of anilines is 3. The van der Waals surface area contributed by atoms with E-state index in [0.29, 0.717) is 11.0 Å². The van der Waals surface area contributed by atoms with E-state index in [0.717, 1.165) is 29.8 Å². The molecule has 9 nitrogen and oxygen atoms in total. The number of aliphatic hydroxyl groups is 1. The molecule has 4 rings (SSSR count). The van der Waals surface area contributed by atoms with E-state index in [1.165, 1.54) is 12.1 Å². The molecule has 192 valence electrons. The number of alkyl halides is 3. The van der Waals surface area contributed by atoms with E-state index in [-0.39, 0.29) is 22.2 Å². The quantitative estimate of drug-likeness (QED) is 0.276. The van der Waals surface area contributed by atoms with Crippen molar-refractivity contribution < 1.29 is 36.6 Å². The topological polar surface area (TPSA) is 142 Å². The standard InChI is InChI=1S/C24H19F3N4O5S/c1-14-6-12-17(13-7-14)37(35,36)31-21-20(29-18-4-2-3-5-19(18)30-21)28-16-10-8-15(9-11-16)23(34,22(32)33)24(25,26)27/h2-13,34H,1H3,(H,28,29)(H,30,31)(H,32,33). The molecule has 37 heavy (non-hydrogen) atoms. The summed E-state index contributed by atoms with van der Waals surface area (Å²) in [5.74, 6) is -2.72. The van der Waals surface area contributed by atoms with Crippen LogP contribution in [0.4, 0.5) is 30.5 Å². The molecule has 4 N–H and O–H groups in total. The lowest BCUT2D eigenvalue weighted by Gasteiger charge is -2.26. The van der Waals surface area contributed by atoms with Gasteiger partial charge in [-0.15, -0.1) is 0 Å². The van der Waals surface area contributed by atoms with E-state index in [2.05, 4.69) is 20.0 Å². The number of halogens is 3. The Bertz CT molecular complexity index is 1580. The van der Waals surface area contributed by atoms with Gasteiger partial charge in [0.05, 0.1) is 15.9 Å². The fraction of sp³-hybridized carbons (Fsp3) is 0.125. The number of aliphatic carboxylic acids is 1. The number of benzene rings is 3. The van der Waals surface area contributed by atoms with Crippen molar-refractivity contribution in [1.82, 2.24) is 9.97 Å². The summed E-state index contributed by atoms with van der Waals surface area (Å²) in [6.07, 6.45) is -5.47. The molecule has 0 saturated carbocycles. The molecule has 4 aromatic rings. The number of sulfonamides is 1.